The molecule has 0 aliphatic rings. The highest BCUT2D eigenvalue weighted by atomic mass is 32.1. The Hall–Kier alpha value is -0.530. The molecule has 0 aliphatic heterocycles. The van der Waals surface area contributed by atoms with E-state index in [0.717, 1.165) is 0 Å². The molecule has 0 saturated heterocycles. The molecule has 0 unspecified atom stereocenters. The topological polar surface area (TPSA) is 29.4 Å². The molecule has 0 fully saturated rings. The lowest BCUT2D eigenvalue weighted by Gasteiger charge is -1.61. The maximum atomic E-state index is 9.38. The third kappa shape index (κ3) is 3.47. The molecule has 0 heterocycles. The molecule has 0 saturated carbocycles. The van der Waals surface area contributed by atoms with E-state index in [4.69, 9.17) is 0 Å². The number of aldehydes is 1. The minimum absolute atomic E-state index is 0.142. The van der Waals surface area contributed by atoms with Crippen LogP contribution in [0, 0.1) is 0 Å². The van der Waals surface area contributed by atoms with Crippen molar-refractivity contribution >= 4 is 23.7 Å². The summed E-state index contributed by atoms with van der Waals surface area (Å²) in [6.07, 6.45) is 0.666. The van der Waals surface area contributed by atoms with E-state index in [9.17, 15) is 4.79 Å². The Morgan fingerprint density at radius 1 is 2.00 bits per heavy atom. The largest absolute Gasteiger partial charge is 0.301 e. The summed E-state index contributed by atoms with van der Waals surface area (Å²) in [5.74, 6) is 0. The van der Waals surface area contributed by atoms with Gasteiger partial charge in [0, 0.05) is 0 Å². The number of hydrogen-bond acceptors (Lipinski definition) is 3. The lowest BCUT2D eigenvalue weighted by atomic mass is 10.8. The minimum Gasteiger partial charge on any atom is -0.301 e. The van der Waals surface area contributed by atoms with Gasteiger partial charge < -0.3 is 4.79 Å². The van der Waals surface area contributed by atoms with E-state index in [1.54, 1.807) is 0 Å². The van der Waals surface area contributed by atoms with E-state index in [1.165, 1.54) is 0 Å². The first-order valence-corrected chi connectivity index (χ1v) is 1.80. The summed E-state index contributed by atoms with van der Waals surface area (Å²) in [7, 11) is 0. The molecule has 0 aliphatic carbocycles. The van der Waals surface area contributed by atoms with Gasteiger partial charge in [0.1, 0.15) is 12.8 Å². The fraction of sp³-hybridized carbons (Fsp3) is 0.333. The number of aliphatic imine (C=N–C) groups is 1. The molecule has 0 aromatic rings. The molecule has 0 spiro atoms. The van der Waals surface area contributed by atoms with Crippen LogP contribution in [0.1, 0.15) is 0 Å². The van der Waals surface area contributed by atoms with Crippen LogP contribution in [-0.4, -0.2) is 18.0 Å². The van der Waals surface area contributed by atoms with Crippen molar-refractivity contribution in [3.05, 3.63) is 0 Å². The number of nitrogens with zero attached hydrogens (tertiary/aromatic N) is 1. The second kappa shape index (κ2) is 4.47. The number of thiocarbonyl (C=S) groups is 1. The number of rotatable bonds is 2. The van der Waals surface area contributed by atoms with Gasteiger partial charge in [0.15, 0.2) is 0 Å². The molecule has 2 nitrogen and oxygen atoms in total. The predicted molar refractivity (Wildman–Crippen MR) is 26.0 cm³/mol. The highest BCUT2D eigenvalue weighted by Crippen LogP contribution is 1.53. The van der Waals surface area contributed by atoms with E-state index in [-0.39, 0.29) is 6.54 Å². The zero-order valence-electron chi connectivity index (χ0n) is 3.05. The predicted octanol–water partition coefficient (Wildman–Crippen LogP) is 0.288. The number of isothiocyanates is 1. The SMILES string of the molecule is O=CCN=C=S. The van der Waals surface area contributed by atoms with Crippen molar-refractivity contribution in [3.8, 4) is 0 Å². The molecule has 0 aromatic heterocycles. The lowest BCUT2D eigenvalue weighted by Crippen LogP contribution is -1.74. The van der Waals surface area contributed by atoms with Crippen molar-refractivity contribution in [3.63, 3.8) is 0 Å². The van der Waals surface area contributed by atoms with E-state index < -0.39 is 0 Å². The van der Waals surface area contributed by atoms with Crippen molar-refractivity contribution in [1.29, 1.82) is 0 Å². The van der Waals surface area contributed by atoms with Gasteiger partial charge in [-0.15, -0.1) is 0 Å². The molecule has 0 aromatic carbocycles. The van der Waals surface area contributed by atoms with Crippen LogP contribution in [0.25, 0.3) is 0 Å². The first kappa shape index (κ1) is 5.47. The van der Waals surface area contributed by atoms with Crippen LogP contribution >= 0.6 is 12.2 Å². The third-order valence-corrected chi connectivity index (χ3v) is 0.359. The second-order valence-corrected chi connectivity index (χ2v) is 0.781. The maximum Gasteiger partial charge on any atom is 0.142 e. The van der Waals surface area contributed by atoms with E-state index in [1.807, 2.05) is 5.16 Å². The van der Waals surface area contributed by atoms with E-state index >= 15 is 0 Å². The lowest BCUT2D eigenvalue weighted by molar-refractivity contribution is -0.106. The van der Waals surface area contributed by atoms with Crippen LogP contribution in [0.2, 0.25) is 0 Å². The molecule has 0 radical (unpaired) electrons. The zero-order chi connectivity index (χ0) is 4.83. The monoisotopic (exact) mass is 101 g/mol. The first-order chi connectivity index (χ1) is 2.91. The molecule has 0 bridgehead atoms. The van der Waals surface area contributed by atoms with Crippen LogP contribution in [0.15, 0.2) is 4.99 Å². The fourth-order valence-corrected chi connectivity index (χ4v) is 0.149. The van der Waals surface area contributed by atoms with Gasteiger partial charge in [-0.2, -0.15) is 0 Å². The molecule has 0 amide bonds. The smallest absolute Gasteiger partial charge is 0.142 e. The van der Waals surface area contributed by atoms with Crippen molar-refractivity contribution < 1.29 is 4.79 Å². The van der Waals surface area contributed by atoms with Crippen molar-refractivity contribution in [1.82, 2.24) is 0 Å². The van der Waals surface area contributed by atoms with E-state index in [2.05, 4.69) is 17.2 Å². The van der Waals surface area contributed by atoms with Crippen molar-refractivity contribution in [2.75, 3.05) is 6.54 Å². The summed E-state index contributed by atoms with van der Waals surface area (Å²) in [6.45, 7) is 0.142. The Bertz CT molecular complexity index is 84.8. The molecule has 3 heteroatoms. The molecule has 6 heavy (non-hydrogen) atoms. The molecular weight excluding hydrogens is 98.1 g/mol. The van der Waals surface area contributed by atoms with Crippen molar-refractivity contribution in [2.45, 2.75) is 0 Å². The molecule has 0 atom stereocenters. The zero-order valence-corrected chi connectivity index (χ0v) is 3.86. The highest BCUT2D eigenvalue weighted by molar-refractivity contribution is 7.78. The average Bonchev–Trinajstić information content (AvgIpc) is 1.61. The summed E-state index contributed by atoms with van der Waals surface area (Å²) < 4.78 is 0. The number of carbonyl (C=O) groups is 1. The summed E-state index contributed by atoms with van der Waals surface area (Å²) in [6, 6.07) is 0. The molecule has 0 N–H and O–H groups in total. The number of carbonyl (C=O) groups excluding carboxylic acids is 1. The van der Waals surface area contributed by atoms with Crippen LogP contribution in [0.3, 0.4) is 0 Å². The summed E-state index contributed by atoms with van der Waals surface area (Å²) >= 11 is 4.14. The summed E-state index contributed by atoms with van der Waals surface area (Å²) in [4.78, 5) is 12.7. The highest BCUT2D eigenvalue weighted by Gasteiger charge is 1.62. The Kier molecular flexibility index (Phi) is 4.08. The fourth-order valence-electron chi connectivity index (χ4n) is 0.0745. The van der Waals surface area contributed by atoms with Crippen LogP contribution < -0.4 is 0 Å². The number of hydrogen-bond donors (Lipinski definition) is 0. The molecule has 0 rings (SSSR count). The van der Waals surface area contributed by atoms with Gasteiger partial charge in [0.25, 0.3) is 0 Å². The Morgan fingerprint density at radius 3 is 2.83 bits per heavy atom. The summed E-state index contributed by atoms with van der Waals surface area (Å²) in [5, 5.41) is 2.05. The third-order valence-electron chi connectivity index (χ3n) is 0.230. The molecule has 32 valence electrons. The van der Waals surface area contributed by atoms with Gasteiger partial charge in [0.05, 0.1) is 5.16 Å². The first-order valence-electron chi connectivity index (χ1n) is 1.39. The van der Waals surface area contributed by atoms with Crippen LogP contribution in [0.5, 0.6) is 0 Å². The minimum atomic E-state index is 0.142. The van der Waals surface area contributed by atoms with Gasteiger partial charge in [0.2, 0.25) is 0 Å². The van der Waals surface area contributed by atoms with Gasteiger partial charge in [-0.1, -0.05) is 0 Å². The van der Waals surface area contributed by atoms with Crippen LogP contribution in [-0.2, 0) is 4.79 Å². The normalized spacial score (nSPS) is 6.00. The Morgan fingerprint density at radius 2 is 2.67 bits per heavy atom. The summed E-state index contributed by atoms with van der Waals surface area (Å²) in [5.41, 5.74) is 0. The van der Waals surface area contributed by atoms with Gasteiger partial charge in [-0.25, -0.2) is 4.99 Å². The standard InChI is InChI=1S/C3H3NOS/c5-2-1-4-3-6/h2H,1H2. The quantitative estimate of drug-likeness (QED) is 0.284. The van der Waals surface area contributed by atoms with Crippen molar-refractivity contribution in [2.24, 2.45) is 4.99 Å². The van der Waals surface area contributed by atoms with Crippen LogP contribution in [0.4, 0.5) is 0 Å². The maximum absolute atomic E-state index is 9.38. The van der Waals surface area contributed by atoms with Gasteiger partial charge in [-0.05, 0) is 12.2 Å². The Labute approximate surface area is 40.9 Å². The van der Waals surface area contributed by atoms with Gasteiger partial charge >= 0.3 is 0 Å². The molecular formula is C3H3NOS. The second-order valence-electron chi connectivity index (χ2n) is 0.599. The average molecular weight is 101 g/mol. The van der Waals surface area contributed by atoms with Gasteiger partial charge in [-0.3, -0.25) is 0 Å². The van der Waals surface area contributed by atoms with E-state index in [0.29, 0.717) is 6.29 Å². The Balaban J connectivity index is 3.07.